The molecule has 1 fully saturated rings. The van der Waals surface area contributed by atoms with Crippen LogP contribution in [0.3, 0.4) is 0 Å². The van der Waals surface area contributed by atoms with E-state index >= 15 is 4.79 Å². The molecule has 3 heterocycles. The maximum Gasteiger partial charge on any atom is 0.308 e. The smallest absolute Gasteiger partial charge is 0.308 e. The second-order valence-electron chi connectivity index (χ2n) is 11.5. The molecule has 1 saturated heterocycles. The number of hydrogen-bond donors (Lipinski definition) is 1. The Hall–Kier alpha value is -5.70. The number of amides is 1. The van der Waals surface area contributed by atoms with Gasteiger partial charge in [0.15, 0.2) is 11.6 Å². The highest BCUT2D eigenvalue weighted by molar-refractivity contribution is 6.19. The lowest BCUT2D eigenvalue weighted by Crippen LogP contribution is -2.51. The number of fused-ring (bicyclic) bond motifs is 6. The molecule has 1 amide bonds. The Morgan fingerprint density at radius 1 is 0.826 bits per heavy atom. The minimum absolute atomic E-state index is 0.198. The van der Waals surface area contributed by atoms with Crippen molar-refractivity contribution < 1.29 is 33.4 Å². The van der Waals surface area contributed by atoms with Gasteiger partial charge >= 0.3 is 5.97 Å². The number of nitrogens with zero attached hydrogens (tertiary/aromatic N) is 1. The summed E-state index contributed by atoms with van der Waals surface area (Å²) in [6, 6.07) is 24.3. The molecule has 3 aliphatic heterocycles. The molecule has 4 aromatic rings. The first-order chi connectivity index (χ1) is 22.3. The molecule has 0 aromatic heterocycles. The van der Waals surface area contributed by atoms with Gasteiger partial charge in [-0.3, -0.25) is 19.2 Å². The standard InChI is InChI=1S/C37H30N2O7/c1-21(40)46-24-15-12-23(13-16-24)34(41)33-32(35(42)26-20-25(44-2)17-18-30(26)45-3)37(27-9-5-6-10-28(27)38-36(37)43)31-19-14-22-8-4-7-11-29(22)39(31)33/h4-20,31-33H,1-3H3,(H,38,43)/t31-,32+,33+,37-/m1/s1. The van der Waals surface area contributed by atoms with Crippen LogP contribution in [-0.4, -0.2) is 49.7 Å². The quantitative estimate of drug-likeness (QED) is 0.165. The van der Waals surface area contributed by atoms with E-state index in [-0.39, 0.29) is 23.0 Å². The van der Waals surface area contributed by atoms with Crippen molar-refractivity contribution in [2.24, 2.45) is 5.92 Å². The number of hydrogen-bond acceptors (Lipinski definition) is 8. The Kier molecular flexibility index (Phi) is 6.96. The Morgan fingerprint density at radius 3 is 2.28 bits per heavy atom. The maximum atomic E-state index is 15.2. The van der Waals surface area contributed by atoms with Gasteiger partial charge in [-0.1, -0.05) is 48.6 Å². The molecule has 46 heavy (non-hydrogen) atoms. The van der Waals surface area contributed by atoms with E-state index in [2.05, 4.69) is 5.32 Å². The van der Waals surface area contributed by atoms with Crippen molar-refractivity contribution in [2.75, 3.05) is 24.4 Å². The normalized spacial score (nSPS) is 22.0. The van der Waals surface area contributed by atoms with Crippen molar-refractivity contribution in [3.8, 4) is 17.2 Å². The van der Waals surface area contributed by atoms with Crippen molar-refractivity contribution in [3.05, 3.63) is 119 Å². The summed E-state index contributed by atoms with van der Waals surface area (Å²) < 4.78 is 16.3. The second-order valence-corrected chi connectivity index (χ2v) is 11.5. The first-order valence-corrected chi connectivity index (χ1v) is 14.8. The predicted molar refractivity (Wildman–Crippen MR) is 172 cm³/mol. The number of esters is 1. The molecule has 4 aromatic carbocycles. The van der Waals surface area contributed by atoms with Gasteiger partial charge in [0, 0.05) is 23.9 Å². The van der Waals surface area contributed by atoms with Crippen LogP contribution in [0.1, 0.15) is 38.8 Å². The number of para-hydroxylation sites is 2. The summed E-state index contributed by atoms with van der Waals surface area (Å²) in [5.74, 6) is -1.83. The van der Waals surface area contributed by atoms with Crippen molar-refractivity contribution >= 4 is 40.9 Å². The number of anilines is 2. The summed E-state index contributed by atoms with van der Waals surface area (Å²) in [4.78, 5) is 58.2. The molecular formula is C37H30N2O7. The van der Waals surface area contributed by atoms with E-state index < -0.39 is 35.2 Å². The number of carbonyl (C=O) groups excluding carboxylic acids is 4. The fourth-order valence-electron chi connectivity index (χ4n) is 7.32. The lowest BCUT2D eigenvalue weighted by atomic mass is 9.64. The van der Waals surface area contributed by atoms with Crippen LogP contribution in [0.5, 0.6) is 17.2 Å². The van der Waals surface area contributed by atoms with Crippen LogP contribution in [-0.2, 0) is 15.0 Å². The number of nitrogens with one attached hydrogen (secondary N) is 1. The van der Waals surface area contributed by atoms with Crippen LogP contribution >= 0.6 is 0 Å². The zero-order valence-electron chi connectivity index (χ0n) is 25.4. The van der Waals surface area contributed by atoms with E-state index in [0.29, 0.717) is 28.3 Å². The molecule has 0 bridgehead atoms. The van der Waals surface area contributed by atoms with Crippen LogP contribution < -0.4 is 24.4 Å². The molecule has 1 N–H and O–H groups in total. The van der Waals surface area contributed by atoms with Crippen molar-refractivity contribution in [2.45, 2.75) is 24.4 Å². The zero-order valence-corrected chi connectivity index (χ0v) is 25.4. The van der Waals surface area contributed by atoms with E-state index in [0.717, 1.165) is 11.3 Å². The number of carbonyl (C=O) groups is 4. The number of rotatable bonds is 7. The van der Waals surface area contributed by atoms with Gasteiger partial charge in [0.1, 0.15) is 28.7 Å². The van der Waals surface area contributed by atoms with Crippen molar-refractivity contribution in [1.29, 1.82) is 0 Å². The average molecular weight is 615 g/mol. The van der Waals surface area contributed by atoms with E-state index in [1.807, 2.05) is 65.6 Å². The van der Waals surface area contributed by atoms with E-state index in [1.54, 1.807) is 42.5 Å². The molecule has 1 spiro atoms. The summed E-state index contributed by atoms with van der Waals surface area (Å²) in [6.07, 6.45) is 3.87. The Bertz CT molecular complexity index is 1950. The number of Topliss-reactive ketones (excluding diaryl/α,β-unsaturated/α-hetero) is 2. The molecule has 0 aliphatic carbocycles. The third kappa shape index (κ3) is 4.23. The number of ether oxygens (including phenoxy) is 3. The molecular weight excluding hydrogens is 584 g/mol. The molecule has 0 saturated carbocycles. The molecule has 3 aliphatic rings. The van der Waals surface area contributed by atoms with Crippen LogP contribution in [0, 0.1) is 5.92 Å². The fourth-order valence-corrected chi connectivity index (χ4v) is 7.32. The average Bonchev–Trinajstić information content (AvgIpc) is 3.56. The fraction of sp³-hybridized carbons (Fsp3) is 0.189. The van der Waals surface area contributed by atoms with Gasteiger partial charge in [0.2, 0.25) is 5.91 Å². The lowest BCUT2D eigenvalue weighted by Gasteiger charge is -2.37. The van der Waals surface area contributed by atoms with Gasteiger partial charge < -0.3 is 24.4 Å². The van der Waals surface area contributed by atoms with Gasteiger partial charge in [-0.25, -0.2) is 0 Å². The van der Waals surface area contributed by atoms with Crippen molar-refractivity contribution in [3.63, 3.8) is 0 Å². The minimum atomic E-state index is -1.48. The summed E-state index contributed by atoms with van der Waals surface area (Å²) in [5.41, 5.74) is 1.83. The first kappa shape index (κ1) is 29.0. The third-order valence-corrected chi connectivity index (χ3v) is 9.17. The van der Waals surface area contributed by atoms with Gasteiger partial charge in [0.25, 0.3) is 0 Å². The van der Waals surface area contributed by atoms with E-state index in [1.165, 1.54) is 21.1 Å². The Balaban J connectivity index is 1.50. The maximum absolute atomic E-state index is 15.2. The number of methoxy groups -OCH3 is 2. The topological polar surface area (TPSA) is 111 Å². The molecule has 230 valence electrons. The number of benzene rings is 4. The molecule has 0 radical (unpaired) electrons. The van der Waals surface area contributed by atoms with Crippen LogP contribution in [0.4, 0.5) is 11.4 Å². The van der Waals surface area contributed by atoms with Gasteiger partial charge in [-0.05, 0) is 65.7 Å². The van der Waals surface area contributed by atoms with Crippen molar-refractivity contribution in [1.82, 2.24) is 0 Å². The zero-order chi connectivity index (χ0) is 32.2. The summed E-state index contributed by atoms with van der Waals surface area (Å²) in [6.45, 7) is 1.30. The van der Waals surface area contributed by atoms with Gasteiger partial charge in [0.05, 0.1) is 31.7 Å². The van der Waals surface area contributed by atoms with E-state index in [4.69, 9.17) is 14.2 Å². The van der Waals surface area contributed by atoms with Crippen LogP contribution in [0.15, 0.2) is 97.1 Å². The Labute approximate surface area is 265 Å². The summed E-state index contributed by atoms with van der Waals surface area (Å²) >= 11 is 0. The second kappa shape index (κ2) is 11.0. The monoisotopic (exact) mass is 614 g/mol. The molecule has 0 unspecified atom stereocenters. The SMILES string of the molecule is COc1ccc(OC)c(C(=O)[C@@H]2[C@@H](C(=O)c3ccc(OC(C)=O)cc3)N3c4ccccc4C=C[C@@H]3[C@@]23C(=O)Nc2ccccc23)c1. The van der Waals surface area contributed by atoms with Gasteiger partial charge in [-0.2, -0.15) is 0 Å². The highest BCUT2D eigenvalue weighted by Crippen LogP contribution is 2.58. The Morgan fingerprint density at radius 2 is 1.54 bits per heavy atom. The first-order valence-electron chi connectivity index (χ1n) is 14.8. The number of ketones is 2. The van der Waals surface area contributed by atoms with Gasteiger partial charge in [-0.15, -0.1) is 0 Å². The molecule has 9 heteroatoms. The molecule has 7 rings (SSSR count). The highest BCUT2D eigenvalue weighted by Gasteiger charge is 2.70. The molecule has 4 atom stereocenters. The minimum Gasteiger partial charge on any atom is -0.497 e. The third-order valence-electron chi connectivity index (χ3n) is 9.17. The largest absolute Gasteiger partial charge is 0.497 e. The van der Waals surface area contributed by atoms with Crippen LogP contribution in [0.2, 0.25) is 0 Å². The summed E-state index contributed by atoms with van der Waals surface area (Å²) in [7, 11) is 2.97. The molecule has 9 nitrogen and oxygen atoms in total. The van der Waals surface area contributed by atoms with E-state index in [9.17, 15) is 14.4 Å². The summed E-state index contributed by atoms with van der Waals surface area (Å²) in [5, 5.41) is 3.03. The highest BCUT2D eigenvalue weighted by atomic mass is 16.5. The van der Waals surface area contributed by atoms with Crippen LogP contribution in [0.25, 0.3) is 6.08 Å². The predicted octanol–water partition coefficient (Wildman–Crippen LogP) is 5.49. The lowest BCUT2D eigenvalue weighted by molar-refractivity contribution is -0.131.